The molecule has 25 heavy (non-hydrogen) atoms. The lowest BCUT2D eigenvalue weighted by molar-refractivity contribution is 0.101. The summed E-state index contributed by atoms with van der Waals surface area (Å²) in [7, 11) is 0. The van der Waals surface area contributed by atoms with E-state index in [-0.39, 0.29) is 11.6 Å². The molecule has 0 radical (unpaired) electrons. The fraction of sp³-hybridized carbons (Fsp3) is 0.333. The van der Waals surface area contributed by atoms with Crippen molar-refractivity contribution in [3.63, 3.8) is 0 Å². The van der Waals surface area contributed by atoms with E-state index in [1.54, 1.807) is 13.0 Å². The van der Waals surface area contributed by atoms with E-state index in [1.807, 2.05) is 24.3 Å². The molecule has 0 saturated heterocycles. The molecule has 1 aromatic carbocycles. The first-order chi connectivity index (χ1) is 12.2. The monoisotopic (exact) mass is 337 g/mol. The van der Waals surface area contributed by atoms with Gasteiger partial charge in [-0.15, -0.1) is 10.2 Å². The zero-order valence-corrected chi connectivity index (χ0v) is 14.0. The first-order valence-corrected chi connectivity index (χ1v) is 8.48. The van der Waals surface area contributed by atoms with E-state index in [0.717, 1.165) is 43.0 Å². The third-order valence-corrected chi connectivity index (χ3v) is 4.35. The Labute approximate surface area is 145 Å². The van der Waals surface area contributed by atoms with Crippen molar-refractivity contribution in [3.8, 4) is 11.4 Å². The van der Waals surface area contributed by atoms with Gasteiger partial charge in [0.1, 0.15) is 11.6 Å². The van der Waals surface area contributed by atoms with E-state index < -0.39 is 0 Å². The van der Waals surface area contributed by atoms with Crippen molar-refractivity contribution in [3.05, 3.63) is 47.6 Å². The summed E-state index contributed by atoms with van der Waals surface area (Å²) in [4.78, 5) is 12.2. The summed E-state index contributed by atoms with van der Waals surface area (Å²) in [5, 5.41) is 15.3. The van der Waals surface area contributed by atoms with E-state index in [0.29, 0.717) is 11.4 Å². The number of amides is 1. The molecule has 1 N–H and O–H groups in total. The minimum atomic E-state index is -0.297. The van der Waals surface area contributed by atoms with Crippen molar-refractivity contribution in [2.45, 2.75) is 39.2 Å². The van der Waals surface area contributed by atoms with Crippen LogP contribution in [0.2, 0.25) is 0 Å². The van der Waals surface area contributed by atoms with Gasteiger partial charge in [0.15, 0.2) is 11.5 Å². The highest BCUT2D eigenvalue weighted by molar-refractivity contribution is 6.03. The van der Waals surface area contributed by atoms with Crippen molar-refractivity contribution in [1.29, 1.82) is 0 Å². The Kier molecular flexibility index (Phi) is 4.05. The highest BCUT2D eigenvalue weighted by Gasteiger charge is 2.17. The average molecular weight is 337 g/mol. The highest BCUT2D eigenvalue weighted by atomic mass is 16.5. The normalized spacial score (nSPS) is 14.0. The summed E-state index contributed by atoms with van der Waals surface area (Å²) in [5.74, 6) is 2.20. The molecule has 0 saturated carbocycles. The standard InChI is InChI=1S/C18H19N5O2/c1-12-10-15(22-25-12)18(24)19-14-7-5-6-13(11-14)17-21-20-16-8-3-2-4-9-23(16)17/h5-7,10-11H,2-4,8-9H2,1H3,(H,19,24). The van der Waals surface area contributed by atoms with Gasteiger partial charge in [-0.05, 0) is 31.9 Å². The molecule has 0 aliphatic carbocycles. The Morgan fingerprint density at radius 2 is 2.12 bits per heavy atom. The van der Waals surface area contributed by atoms with E-state index in [4.69, 9.17) is 4.52 Å². The third-order valence-electron chi connectivity index (χ3n) is 4.35. The zero-order valence-electron chi connectivity index (χ0n) is 14.0. The summed E-state index contributed by atoms with van der Waals surface area (Å²) in [6, 6.07) is 9.24. The molecular weight excluding hydrogens is 318 g/mol. The van der Waals surface area contributed by atoms with Crippen LogP contribution in [-0.2, 0) is 13.0 Å². The smallest absolute Gasteiger partial charge is 0.277 e. The van der Waals surface area contributed by atoms with Gasteiger partial charge in [0, 0.05) is 30.3 Å². The molecule has 128 valence electrons. The first kappa shape index (κ1) is 15.6. The average Bonchev–Trinajstić information content (AvgIpc) is 3.15. The molecule has 7 heteroatoms. The number of fused-ring (bicyclic) bond motifs is 1. The summed E-state index contributed by atoms with van der Waals surface area (Å²) in [5.41, 5.74) is 1.89. The maximum absolute atomic E-state index is 12.2. The Bertz CT molecular complexity index is 912. The van der Waals surface area contributed by atoms with E-state index >= 15 is 0 Å². The number of carbonyl (C=O) groups is 1. The second-order valence-electron chi connectivity index (χ2n) is 6.26. The van der Waals surface area contributed by atoms with Crippen LogP contribution in [0.15, 0.2) is 34.9 Å². The van der Waals surface area contributed by atoms with Gasteiger partial charge < -0.3 is 14.4 Å². The molecule has 3 aromatic rings. The predicted molar refractivity (Wildman–Crippen MR) is 92.2 cm³/mol. The summed E-state index contributed by atoms with van der Waals surface area (Å²) in [6.07, 6.45) is 4.48. The molecule has 0 unspecified atom stereocenters. The first-order valence-electron chi connectivity index (χ1n) is 8.48. The quantitative estimate of drug-likeness (QED) is 0.793. The summed E-state index contributed by atoms with van der Waals surface area (Å²) in [6.45, 7) is 2.69. The number of anilines is 1. The Hall–Kier alpha value is -2.96. The topological polar surface area (TPSA) is 85.8 Å². The number of carbonyl (C=O) groups excluding carboxylic acids is 1. The number of nitrogens with zero attached hydrogens (tertiary/aromatic N) is 4. The van der Waals surface area contributed by atoms with Gasteiger partial charge in [0.25, 0.3) is 5.91 Å². The number of benzene rings is 1. The zero-order chi connectivity index (χ0) is 17.2. The van der Waals surface area contributed by atoms with Gasteiger partial charge in [-0.2, -0.15) is 0 Å². The number of nitrogens with one attached hydrogen (secondary N) is 1. The van der Waals surface area contributed by atoms with E-state index in [1.165, 1.54) is 6.42 Å². The minimum absolute atomic E-state index is 0.263. The number of hydrogen-bond acceptors (Lipinski definition) is 5. The minimum Gasteiger partial charge on any atom is -0.361 e. The van der Waals surface area contributed by atoms with Gasteiger partial charge in [-0.1, -0.05) is 23.7 Å². The summed E-state index contributed by atoms with van der Waals surface area (Å²) < 4.78 is 7.14. The second-order valence-corrected chi connectivity index (χ2v) is 6.26. The van der Waals surface area contributed by atoms with Gasteiger partial charge in [-0.3, -0.25) is 4.79 Å². The SMILES string of the molecule is Cc1cc(C(=O)Nc2cccc(-c3nnc4n3CCCCC4)c2)no1. The van der Waals surface area contributed by atoms with Crippen molar-refractivity contribution in [1.82, 2.24) is 19.9 Å². The number of rotatable bonds is 3. The van der Waals surface area contributed by atoms with Crippen LogP contribution < -0.4 is 5.32 Å². The van der Waals surface area contributed by atoms with Crippen molar-refractivity contribution >= 4 is 11.6 Å². The van der Waals surface area contributed by atoms with Crippen LogP contribution in [0.1, 0.15) is 41.3 Å². The molecule has 0 spiro atoms. The van der Waals surface area contributed by atoms with Crippen molar-refractivity contribution in [2.75, 3.05) is 5.32 Å². The summed E-state index contributed by atoms with van der Waals surface area (Å²) >= 11 is 0. The Morgan fingerprint density at radius 3 is 2.96 bits per heavy atom. The maximum Gasteiger partial charge on any atom is 0.277 e. The van der Waals surface area contributed by atoms with Gasteiger partial charge in [-0.25, -0.2) is 0 Å². The lowest BCUT2D eigenvalue weighted by Gasteiger charge is -2.09. The molecule has 1 amide bonds. The molecule has 1 aliphatic heterocycles. The van der Waals surface area contributed by atoms with Crippen molar-refractivity contribution < 1.29 is 9.32 Å². The second kappa shape index (κ2) is 6.51. The lowest BCUT2D eigenvalue weighted by Crippen LogP contribution is -2.12. The molecular formula is C18H19N5O2. The van der Waals surface area contributed by atoms with Crippen LogP contribution in [0.3, 0.4) is 0 Å². The van der Waals surface area contributed by atoms with Crippen LogP contribution in [0.4, 0.5) is 5.69 Å². The number of aromatic nitrogens is 4. The molecule has 0 bridgehead atoms. The predicted octanol–water partition coefficient (Wildman–Crippen LogP) is 3.22. The van der Waals surface area contributed by atoms with Crippen LogP contribution in [-0.4, -0.2) is 25.8 Å². The highest BCUT2D eigenvalue weighted by Crippen LogP contribution is 2.25. The van der Waals surface area contributed by atoms with Crippen LogP contribution >= 0.6 is 0 Å². The van der Waals surface area contributed by atoms with Crippen LogP contribution in [0.5, 0.6) is 0 Å². The van der Waals surface area contributed by atoms with Gasteiger partial charge in [0.2, 0.25) is 0 Å². The molecule has 7 nitrogen and oxygen atoms in total. The van der Waals surface area contributed by atoms with Crippen LogP contribution in [0, 0.1) is 6.92 Å². The molecule has 0 atom stereocenters. The van der Waals surface area contributed by atoms with Crippen molar-refractivity contribution in [2.24, 2.45) is 0 Å². The fourth-order valence-electron chi connectivity index (χ4n) is 3.10. The molecule has 0 fully saturated rings. The van der Waals surface area contributed by atoms with E-state index in [9.17, 15) is 4.79 Å². The van der Waals surface area contributed by atoms with Crippen LogP contribution in [0.25, 0.3) is 11.4 Å². The molecule has 1 aliphatic rings. The van der Waals surface area contributed by atoms with Gasteiger partial charge >= 0.3 is 0 Å². The lowest BCUT2D eigenvalue weighted by atomic mass is 10.2. The molecule has 2 aromatic heterocycles. The Balaban J connectivity index is 1.60. The van der Waals surface area contributed by atoms with E-state index in [2.05, 4.69) is 25.2 Å². The maximum atomic E-state index is 12.2. The molecule has 3 heterocycles. The fourth-order valence-corrected chi connectivity index (χ4v) is 3.10. The molecule has 4 rings (SSSR count). The third kappa shape index (κ3) is 3.17. The number of hydrogen-bond donors (Lipinski definition) is 1. The number of aryl methyl sites for hydroxylation is 2. The largest absolute Gasteiger partial charge is 0.361 e. The van der Waals surface area contributed by atoms with Gasteiger partial charge in [0.05, 0.1) is 0 Å². The Morgan fingerprint density at radius 1 is 1.20 bits per heavy atom.